The number of amides is 1. The highest BCUT2D eigenvalue weighted by molar-refractivity contribution is 5.97. The number of nitrogens with zero attached hydrogens (tertiary/aromatic N) is 2. The van der Waals surface area contributed by atoms with Crippen LogP contribution in [0.2, 0.25) is 0 Å². The number of pyridine rings is 1. The standard InChI is InChI=1S/C21H31N3O5/c1-4-21(5-2,20(27)28-6-3)23-18(26)16-9-10-17(24-11-15(25)12-24)19(22-16)29-13-14-7-8-14/h9-10,14-15,25H,4-8,11-13H2,1-3H3,(H,23,26). The third kappa shape index (κ3) is 4.80. The number of anilines is 1. The van der Waals surface area contributed by atoms with Gasteiger partial charge >= 0.3 is 5.97 Å². The second kappa shape index (κ2) is 8.98. The van der Waals surface area contributed by atoms with Crippen molar-refractivity contribution in [3.05, 3.63) is 17.8 Å². The van der Waals surface area contributed by atoms with E-state index in [0.717, 1.165) is 18.5 Å². The Kier molecular flexibility index (Phi) is 6.62. The molecular weight excluding hydrogens is 374 g/mol. The van der Waals surface area contributed by atoms with Gasteiger partial charge in [0.2, 0.25) is 5.88 Å². The second-order valence-corrected chi connectivity index (χ2v) is 7.80. The van der Waals surface area contributed by atoms with Gasteiger partial charge in [-0.1, -0.05) is 13.8 Å². The average molecular weight is 405 g/mol. The summed E-state index contributed by atoms with van der Waals surface area (Å²) in [6.45, 7) is 7.29. The van der Waals surface area contributed by atoms with Gasteiger partial charge in [-0.05, 0) is 50.7 Å². The molecule has 2 aliphatic rings. The van der Waals surface area contributed by atoms with Crippen molar-refractivity contribution in [1.29, 1.82) is 0 Å². The van der Waals surface area contributed by atoms with Crippen LogP contribution in [0.4, 0.5) is 5.69 Å². The third-order valence-electron chi connectivity index (χ3n) is 5.65. The topological polar surface area (TPSA) is 101 Å². The minimum atomic E-state index is -1.08. The quantitative estimate of drug-likeness (QED) is 0.573. The molecule has 0 bridgehead atoms. The molecule has 3 rings (SSSR count). The number of β-amino-alcohol motifs (C(OH)–C–C–N with tert-alkyl or cyclic N) is 1. The number of hydrogen-bond acceptors (Lipinski definition) is 7. The van der Waals surface area contributed by atoms with Crippen LogP contribution in [0.3, 0.4) is 0 Å². The van der Waals surface area contributed by atoms with Crippen LogP contribution in [-0.4, -0.2) is 59.9 Å². The third-order valence-corrected chi connectivity index (χ3v) is 5.65. The van der Waals surface area contributed by atoms with E-state index in [1.54, 1.807) is 19.1 Å². The lowest BCUT2D eigenvalue weighted by Crippen LogP contribution is -2.54. The van der Waals surface area contributed by atoms with E-state index in [2.05, 4.69) is 10.3 Å². The molecular formula is C21H31N3O5. The normalized spacial score (nSPS) is 16.9. The van der Waals surface area contributed by atoms with E-state index in [1.165, 1.54) is 0 Å². The molecule has 2 N–H and O–H groups in total. The maximum absolute atomic E-state index is 12.9. The number of rotatable bonds is 10. The molecule has 1 aliphatic heterocycles. The minimum Gasteiger partial charge on any atom is -0.476 e. The van der Waals surface area contributed by atoms with E-state index in [1.807, 2.05) is 18.7 Å². The number of aliphatic hydroxyl groups is 1. The summed E-state index contributed by atoms with van der Waals surface area (Å²) in [7, 11) is 0. The maximum Gasteiger partial charge on any atom is 0.331 e. The van der Waals surface area contributed by atoms with Crippen LogP contribution in [0.5, 0.6) is 5.88 Å². The van der Waals surface area contributed by atoms with Crippen LogP contribution < -0.4 is 15.0 Å². The Balaban J connectivity index is 1.79. The van der Waals surface area contributed by atoms with E-state index in [9.17, 15) is 14.7 Å². The van der Waals surface area contributed by atoms with Crippen LogP contribution in [-0.2, 0) is 9.53 Å². The Morgan fingerprint density at radius 1 is 1.24 bits per heavy atom. The zero-order valence-electron chi connectivity index (χ0n) is 17.4. The molecule has 1 saturated heterocycles. The summed E-state index contributed by atoms with van der Waals surface area (Å²) in [6.07, 6.45) is 2.78. The Morgan fingerprint density at radius 2 is 1.93 bits per heavy atom. The zero-order chi connectivity index (χ0) is 21.0. The predicted octanol–water partition coefficient (Wildman–Crippen LogP) is 1.90. The molecule has 1 amide bonds. The number of ether oxygens (including phenoxy) is 2. The first-order valence-corrected chi connectivity index (χ1v) is 10.5. The second-order valence-electron chi connectivity index (χ2n) is 7.80. The molecule has 8 heteroatoms. The SMILES string of the molecule is CCOC(=O)C(CC)(CC)NC(=O)c1ccc(N2CC(O)C2)c(OCC2CC2)n1. The van der Waals surface area contributed by atoms with Gasteiger partial charge < -0.3 is 24.8 Å². The number of hydrogen-bond donors (Lipinski definition) is 2. The van der Waals surface area contributed by atoms with Gasteiger partial charge in [0, 0.05) is 13.1 Å². The summed E-state index contributed by atoms with van der Waals surface area (Å²) in [5.41, 5.74) is -0.115. The Hall–Kier alpha value is -2.35. The summed E-state index contributed by atoms with van der Waals surface area (Å²) in [4.78, 5) is 31.8. The fourth-order valence-corrected chi connectivity index (χ4v) is 3.36. The van der Waals surface area contributed by atoms with Crippen molar-refractivity contribution in [3.8, 4) is 5.88 Å². The van der Waals surface area contributed by atoms with Gasteiger partial charge in [0.15, 0.2) is 0 Å². The van der Waals surface area contributed by atoms with Crippen molar-refractivity contribution in [2.24, 2.45) is 5.92 Å². The lowest BCUT2D eigenvalue weighted by atomic mass is 9.92. The fraction of sp³-hybridized carbons (Fsp3) is 0.667. The molecule has 0 atom stereocenters. The molecule has 1 saturated carbocycles. The van der Waals surface area contributed by atoms with E-state index in [4.69, 9.17) is 9.47 Å². The molecule has 0 aromatic carbocycles. The van der Waals surface area contributed by atoms with Gasteiger partial charge in [-0.15, -0.1) is 0 Å². The molecule has 0 unspecified atom stereocenters. The van der Waals surface area contributed by atoms with Crippen molar-refractivity contribution in [2.45, 2.75) is 58.1 Å². The number of carbonyl (C=O) groups is 2. The Labute approximate surface area is 171 Å². The largest absolute Gasteiger partial charge is 0.476 e. The molecule has 2 fully saturated rings. The lowest BCUT2D eigenvalue weighted by Gasteiger charge is -2.38. The summed E-state index contributed by atoms with van der Waals surface area (Å²) < 4.78 is 11.1. The van der Waals surface area contributed by atoms with E-state index < -0.39 is 17.4 Å². The number of nitrogens with one attached hydrogen (secondary N) is 1. The van der Waals surface area contributed by atoms with Gasteiger partial charge in [-0.3, -0.25) is 4.79 Å². The number of esters is 1. The summed E-state index contributed by atoms with van der Waals surface area (Å²) >= 11 is 0. The van der Waals surface area contributed by atoms with Crippen LogP contribution >= 0.6 is 0 Å². The summed E-state index contributed by atoms with van der Waals surface area (Å²) in [5, 5.41) is 12.4. The fourth-order valence-electron chi connectivity index (χ4n) is 3.36. The highest BCUT2D eigenvalue weighted by atomic mass is 16.5. The maximum atomic E-state index is 12.9. The van der Waals surface area contributed by atoms with Crippen LogP contribution in [0, 0.1) is 5.92 Å². The highest BCUT2D eigenvalue weighted by Gasteiger charge is 2.39. The molecule has 1 aromatic rings. The molecule has 1 aromatic heterocycles. The van der Waals surface area contributed by atoms with Crippen LogP contribution in [0.15, 0.2) is 12.1 Å². The first-order valence-electron chi connectivity index (χ1n) is 10.5. The monoisotopic (exact) mass is 405 g/mol. The molecule has 2 heterocycles. The van der Waals surface area contributed by atoms with Crippen molar-refractivity contribution in [1.82, 2.24) is 10.3 Å². The van der Waals surface area contributed by atoms with Gasteiger partial charge in [-0.2, -0.15) is 0 Å². The van der Waals surface area contributed by atoms with E-state index in [0.29, 0.717) is 44.3 Å². The number of aromatic nitrogens is 1. The van der Waals surface area contributed by atoms with Crippen LogP contribution in [0.25, 0.3) is 0 Å². The van der Waals surface area contributed by atoms with Crippen molar-refractivity contribution in [2.75, 3.05) is 31.2 Å². The molecule has 1 aliphatic carbocycles. The van der Waals surface area contributed by atoms with E-state index >= 15 is 0 Å². The molecule has 8 nitrogen and oxygen atoms in total. The van der Waals surface area contributed by atoms with E-state index in [-0.39, 0.29) is 18.4 Å². The average Bonchev–Trinajstić information content (AvgIpc) is 3.52. The zero-order valence-corrected chi connectivity index (χ0v) is 17.4. The Bertz CT molecular complexity index is 740. The molecule has 0 radical (unpaired) electrons. The van der Waals surface area contributed by atoms with Crippen LogP contribution in [0.1, 0.15) is 56.9 Å². The number of aliphatic hydroxyl groups excluding tert-OH is 1. The van der Waals surface area contributed by atoms with Gasteiger partial charge in [-0.25, -0.2) is 9.78 Å². The first kappa shape index (κ1) is 21.4. The molecule has 29 heavy (non-hydrogen) atoms. The smallest absolute Gasteiger partial charge is 0.331 e. The van der Waals surface area contributed by atoms with Crippen molar-refractivity contribution < 1.29 is 24.2 Å². The predicted molar refractivity (Wildman–Crippen MR) is 108 cm³/mol. The van der Waals surface area contributed by atoms with Gasteiger partial charge in [0.05, 0.1) is 19.3 Å². The minimum absolute atomic E-state index is 0.191. The van der Waals surface area contributed by atoms with Crippen molar-refractivity contribution in [3.63, 3.8) is 0 Å². The highest BCUT2D eigenvalue weighted by Crippen LogP contribution is 2.34. The summed E-state index contributed by atoms with van der Waals surface area (Å²) in [6, 6.07) is 3.42. The van der Waals surface area contributed by atoms with Gasteiger partial charge in [0.1, 0.15) is 16.9 Å². The lowest BCUT2D eigenvalue weighted by molar-refractivity contribution is -0.151. The van der Waals surface area contributed by atoms with Gasteiger partial charge in [0.25, 0.3) is 5.91 Å². The molecule has 0 spiro atoms. The number of carbonyl (C=O) groups excluding carboxylic acids is 2. The first-order chi connectivity index (χ1) is 13.9. The molecule has 160 valence electrons. The van der Waals surface area contributed by atoms with Crippen molar-refractivity contribution >= 4 is 17.6 Å². The summed E-state index contributed by atoms with van der Waals surface area (Å²) in [5.74, 6) is 0.0647. The Morgan fingerprint density at radius 3 is 2.48 bits per heavy atom.